The summed E-state index contributed by atoms with van der Waals surface area (Å²) in [6, 6.07) is 11.7. The van der Waals surface area contributed by atoms with Crippen molar-refractivity contribution in [1.29, 1.82) is 0 Å². The predicted octanol–water partition coefficient (Wildman–Crippen LogP) is 4.52. The minimum absolute atomic E-state index is 0.0316. The Kier molecular flexibility index (Phi) is 6.29. The lowest BCUT2D eigenvalue weighted by molar-refractivity contribution is -0.117. The molecule has 4 heterocycles. The van der Waals surface area contributed by atoms with Crippen molar-refractivity contribution in [3.63, 3.8) is 0 Å². The molecule has 1 amide bonds. The van der Waals surface area contributed by atoms with Crippen LogP contribution in [0, 0.1) is 11.8 Å². The summed E-state index contributed by atoms with van der Waals surface area (Å²) in [6.45, 7) is 7.60. The van der Waals surface area contributed by atoms with E-state index in [4.69, 9.17) is 16.3 Å². The molecule has 1 aromatic carbocycles. The van der Waals surface area contributed by atoms with Crippen LogP contribution >= 0.6 is 11.6 Å². The first-order valence-corrected chi connectivity index (χ1v) is 13.3. The number of fused-ring (bicyclic) bond motifs is 1. The number of pyridine rings is 2. The highest BCUT2D eigenvalue weighted by Crippen LogP contribution is 2.53. The van der Waals surface area contributed by atoms with Gasteiger partial charge in [0.25, 0.3) is 0 Å². The van der Waals surface area contributed by atoms with E-state index in [1.165, 1.54) is 0 Å². The highest BCUT2D eigenvalue weighted by atomic mass is 35.5. The molecule has 3 fully saturated rings. The molecule has 6 rings (SSSR count). The fourth-order valence-corrected chi connectivity index (χ4v) is 6.24. The molecular weight excluding hydrogens is 493 g/mol. The van der Waals surface area contributed by atoms with Crippen LogP contribution in [-0.4, -0.2) is 71.9 Å². The number of piperazine rings is 1. The number of halogens is 2. The summed E-state index contributed by atoms with van der Waals surface area (Å²) in [5, 5.41) is 5.53. The lowest BCUT2D eigenvalue weighted by Crippen LogP contribution is -2.59. The van der Waals surface area contributed by atoms with E-state index in [-0.39, 0.29) is 30.3 Å². The number of nitrogens with one attached hydrogen (secondary N) is 1. The first-order valence-electron chi connectivity index (χ1n) is 12.9. The molecule has 7 nitrogen and oxygen atoms in total. The summed E-state index contributed by atoms with van der Waals surface area (Å²) in [5.41, 5.74) is 1.33. The molecule has 1 aliphatic carbocycles. The zero-order valence-electron chi connectivity index (χ0n) is 21.0. The molecule has 9 heteroatoms. The molecule has 1 saturated carbocycles. The molecule has 3 aliphatic rings. The van der Waals surface area contributed by atoms with Gasteiger partial charge in [0.2, 0.25) is 5.91 Å². The van der Waals surface area contributed by atoms with Crippen molar-refractivity contribution in [1.82, 2.24) is 14.9 Å². The lowest BCUT2D eigenvalue weighted by atomic mass is 9.96. The second-order valence-electron chi connectivity index (χ2n) is 10.7. The molecule has 194 valence electrons. The highest BCUT2D eigenvalue weighted by molar-refractivity contribution is 6.34. The average Bonchev–Trinajstić information content (AvgIpc) is 3.47. The molecule has 2 aromatic heterocycles. The highest BCUT2D eigenvalue weighted by Gasteiger charge is 2.53. The normalized spacial score (nSPS) is 30.0. The Morgan fingerprint density at radius 1 is 1.16 bits per heavy atom. The van der Waals surface area contributed by atoms with Crippen LogP contribution < -0.4 is 10.2 Å². The Hall–Kier alpha value is -2.81. The number of hydrogen-bond acceptors (Lipinski definition) is 6. The minimum Gasteiger partial charge on any atom is -0.376 e. The Morgan fingerprint density at radius 3 is 2.68 bits per heavy atom. The van der Waals surface area contributed by atoms with E-state index in [9.17, 15) is 9.18 Å². The number of hydrogen-bond donors (Lipinski definition) is 1. The first-order chi connectivity index (χ1) is 17.8. The quantitative estimate of drug-likeness (QED) is 0.530. The van der Waals surface area contributed by atoms with E-state index in [1.807, 2.05) is 37.3 Å². The van der Waals surface area contributed by atoms with Gasteiger partial charge in [-0.3, -0.25) is 14.7 Å². The van der Waals surface area contributed by atoms with Crippen LogP contribution in [0.25, 0.3) is 10.8 Å². The SMILES string of the molecule is C[C@@H]1[C@H](C(=O)Nc2cc3cc(N4CCN([C@@]5(C)COC[C@H]5F)CC4)c(Cl)cc3cn2)[C@H]1c1ccccn1. The summed E-state index contributed by atoms with van der Waals surface area (Å²) in [6.07, 6.45) is 2.54. The second-order valence-corrected chi connectivity index (χ2v) is 11.1. The van der Waals surface area contributed by atoms with Gasteiger partial charge in [0.1, 0.15) is 12.0 Å². The predicted molar refractivity (Wildman–Crippen MR) is 143 cm³/mol. The van der Waals surface area contributed by atoms with Crippen molar-refractivity contribution in [3.8, 4) is 0 Å². The number of carbonyl (C=O) groups excluding carboxylic acids is 1. The fraction of sp³-hybridized carbons (Fsp3) is 0.464. The Morgan fingerprint density at radius 2 is 1.97 bits per heavy atom. The van der Waals surface area contributed by atoms with E-state index in [1.54, 1.807) is 12.4 Å². The van der Waals surface area contributed by atoms with E-state index >= 15 is 0 Å². The smallest absolute Gasteiger partial charge is 0.229 e. The number of nitrogens with zero attached hydrogens (tertiary/aromatic N) is 4. The van der Waals surface area contributed by atoms with Crippen molar-refractivity contribution in [2.45, 2.75) is 31.5 Å². The summed E-state index contributed by atoms with van der Waals surface area (Å²) in [4.78, 5) is 26.3. The van der Waals surface area contributed by atoms with Gasteiger partial charge < -0.3 is 15.0 Å². The molecule has 5 atom stereocenters. The zero-order chi connectivity index (χ0) is 25.7. The van der Waals surface area contributed by atoms with E-state index in [2.05, 4.69) is 38.1 Å². The molecule has 3 aromatic rings. The zero-order valence-corrected chi connectivity index (χ0v) is 21.8. The van der Waals surface area contributed by atoms with Gasteiger partial charge in [-0.05, 0) is 48.6 Å². The number of amides is 1. The van der Waals surface area contributed by atoms with Gasteiger partial charge in [0.15, 0.2) is 0 Å². The maximum absolute atomic E-state index is 14.5. The Labute approximate surface area is 221 Å². The van der Waals surface area contributed by atoms with Crippen molar-refractivity contribution in [2.75, 3.05) is 49.6 Å². The maximum Gasteiger partial charge on any atom is 0.229 e. The van der Waals surface area contributed by atoms with Gasteiger partial charge in [-0.2, -0.15) is 0 Å². The second kappa shape index (κ2) is 9.49. The van der Waals surface area contributed by atoms with E-state index < -0.39 is 11.7 Å². The van der Waals surface area contributed by atoms with Crippen LogP contribution in [-0.2, 0) is 9.53 Å². The third-order valence-electron chi connectivity index (χ3n) is 8.43. The minimum atomic E-state index is -0.970. The number of ether oxygens (including phenoxy) is 1. The summed E-state index contributed by atoms with van der Waals surface area (Å²) < 4.78 is 19.9. The molecule has 0 spiro atoms. The van der Waals surface area contributed by atoms with Crippen molar-refractivity contribution in [3.05, 3.63) is 59.5 Å². The van der Waals surface area contributed by atoms with Crippen molar-refractivity contribution in [2.24, 2.45) is 11.8 Å². The Balaban J connectivity index is 1.16. The standard InChI is InChI=1S/C28H31ClFN5O2/c1-17-25(21-5-3-4-6-31-21)26(17)27(36)33-24-13-18-12-22(20(29)11-19(18)14-32-24)34-7-9-35(10-8-34)28(2)16-37-15-23(28)30/h3-6,11-14,17,23,25-26H,7-10,15-16H2,1-2H3,(H,32,33,36)/t17-,23+,25+,26-,28-/m0/s1. The molecular formula is C28H31ClFN5O2. The van der Waals surface area contributed by atoms with E-state index in [0.29, 0.717) is 17.4 Å². The van der Waals surface area contributed by atoms with Crippen LogP contribution in [0.1, 0.15) is 25.5 Å². The van der Waals surface area contributed by atoms with Gasteiger partial charge in [-0.25, -0.2) is 9.37 Å². The van der Waals surface area contributed by atoms with Gasteiger partial charge >= 0.3 is 0 Å². The van der Waals surface area contributed by atoms with Gasteiger partial charge in [0.05, 0.1) is 35.4 Å². The summed E-state index contributed by atoms with van der Waals surface area (Å²) in [5.74, 6) is 0.760. The fourth-order valence-electron chi connectivity index (χ4n) is 5.95. The first kappa shape index (κ1) is 24.5. The Bertz CT molecular complexity index is 1320. The molecule has 0 unspecified atom stereocenters. The van der Waals surface area contributed by atoms with Crippen LogP contribution in [0.5, 0.6) is 0 Å². The van der Waals surface area contributed by atoms with Gasteiger partial charge in [0, 0.05) is 55.6 Å². The number of rotatable bonds is 5. The summed E-state index contributed by atoms with van der Waals surface area (Å²) >= 11 is 6.68. The van der Waals surface area contributed by atoms with Crippen LogP contribution in [0.3, 0.4) is 0 Å². The van der Waals surface area contributed by atoms with Crippen molar-refractivity contribution >= 4 is 39.8 Å². The summed E-state index contributed by atoms with van der Waals surface area (Å²) in [7, 11) is 0. The topological polar surface area (TPSA) is 70.6 Å². The lowest BCUT2D eigenvalue weighted by Gasteiger charge is -2.44. The number of carbonyl (C=O) groups is 1. The molecule has 2 saturated heterocycles. The van der Waals surface area contributed by atoms with Crippen LogP contribution in [0.2, 0.25) is 5.02 Å². The maximum atomic E-state index is 14.5. The van der Waals surface area contributed by atoms with Gasteiger partial charge in [-0.1, -0.05) is 24.6 Å². The number of anilines is 2. The average molecular weight is 524 g/mol. The largest absolute Gasteiger partial charge is 0.376 e. The third kappa shape index (κ3) is 4.45. The molecule has 0 bridgehead atoms. The molecule has 37 heavy (non-hydrogen) atoms. The number of benzene rings is 1. The van der Waals surface area contributed by atoms with Crippen molar-refractivity contribution < 1.29 is 13.9 Å². The number of alkyl halides is 1. The van der Waals surface area contributed by atoms with Gasteiger partial charge in [-0.15, -0.1) is 0 Å². The molecule has 1 N–H and O–H groups in total. The third-order valence-corrected chi connectivity index (χ3v) is 8.73. The molecule has 2 aliphatic heterocycles. The van der Waals surface area contributed by atoms with Crippen LogP contribution in [0.15, 0.2) is 48.8 Å². The number of aromatic nitrogens is 2. The van der Waals surface area contributed by atoms with E-state index in [0.717, 1.165) is 48.3 Å². The van der Waals surface area contributed by atoms with Crippen LogP contribution in [0.4, 0.5) is 15.9 Å². The molecule has 0 radical (unpaired) electrons. The monoisotopic (exact) mass is 523 g/mol.